The zero-order chi connectivity index (χ0) is 13.0. The van der Waals surface area contributed by atoms with Crippen molar-refractivity contribution in [1.29, 1.82) is 0 Å². The van der Waals surface area contributed by atoms with Crippen LogP contribution in [-0.4, -0.2) is 27.2 Å². The normalized spacial score (nSPS) is 17.1. The Morgan fingerprint density at radius 3 is 2.83 bits per heavy atom. The van der Waals surface area contributed by atoms with Crippen LogP contribution in [0, 0.1) is 5.92 Å². The van der Waals surface area contributed by atoms with E-state index in [4.69, 9.17) is 4.74 Å². The highest BCUT2D eigenvalue weighted by atomic mass is 16.5. The topological polar surface area (TPSA) is 33.3 Å². The number of hydrogen-bond acceptors (Lipinski definition) is 3. The Balaban J connectivity index is 2.21. The van der Waals surface area contributed by atoms with Crippen LogP contribution in [0.1, 0.15) is 30.5 Å². The minimum absolute atomic E-state index is 0.411. The van der Waals surface area contributed by atoms with E-state index in [2.05, 4.69) is 35.8 Å². The standard InChI is InChI=1S/C15H24N2O/c1-4-11(10-16-2)15(17-3)13-5-6-14-12(9-13)7-8-18-14/h5-6,9,11,15-17H,4,7-8,10H2,1-3H3. The predicted octanol–water partition coefficient (Wildman–Crippen LogP) is 2.13. The second-order valence-electron chi connectivity index (χ2n) is 4.96. The van der Waals surface area contributed by atoms with Gasteiger partial charge in [0.2, 0.25) is 0 Å². The fraction of sp³-hybridized carbons (Fsp3) is 0.600. The number of hydrogen-bond donors (Lipinski definition) is 2. The van der Waals surface area contributed by atoms with Crippen molar-refractivity contribution in [3.63, 3.8) is 0 Å². The Morgan fingerprint density at radius 1 is 1.33 bits per heavy atom. The van der Waals surface area contributed by atoms with E-state index >= 15 is 0 Å². The molecule has 1 aromatic rings. The first-order valence-electron chi connectivity index (χ1n) is 6.87. The van der Waals surface area contributed by atoms with Crippen LogP contribution in [0.3, 0.4) is 0 Å². The predicted molar refractivity (Wildman–Crippen MR) is 75.1 cm³/mol. The highest BCUT2D eigenvalue weighted by molar-refractivity contribution is 5.41. The molecule has 2 rings (SSSR count). The van der Waals surface area contributed by atoms with E-state index in [1.165, 1.54) is 17.5 Å². The van der Waals surface area contributed by atoms with Gasteiger partial charge in [0, 0.05) is 12.5 Å². The Morgan fingerprint density at radius 2 is 2.17 bits per heavy atom. The Bertz CT molecular complexity index is 392. The van der Waals surface area contributed by atoms with E-state index < -0.39 is 0 Å². The highest BCUT2D eigenvalue weighted by Gasteiger charge is 2.21. The van der Waals surface area contributed by atoms with E-state index in [0.717, 1.165) is 25.3 Å². The van der Waals surface area contributed by atoms with Gasteiger partial charge in [0.1, 0.15) is 5.75 Å². The molecule has 2 unspecified atom stereocenters. The van der Waals surface area contributed by atoms with Gasteiger partial charge in [-0.25, -0.2) is 0 Å². The Hall–Kier alpha value is -1.06. The van der Waals surface area contributed by atoms with Crippen molar-refractivity contribution in [1.82, 2.24) is 10.6 Å². The van der Waals surface area contributed by atoms with E-state index in [-0.39, 0.29) is 0 Å². The summed E-state index contributed by atoms with van der Waals surface area (Å²) in [4.78, 5) is 0. The van der Waals surface area contributed by atoms with Crippen molar-refractivity contribution in [3.05, 3.63) is 29.3 Å². The van der Waals surface area contributed by atoms with E-state index in [9.17, 15) is 0 Å². The third-order valence-electron chi connectivity index (χ3n) is 3.85. The molecule has 0 aliphatic carbocycles. The number of ether oxygens (including phenoxy) is 1. The Labute approximate surface area is 110 Å². The summed E-state index contributed by atoms with van der Waals surface area (Å²) >= 11 is 0. The van der Waals surface area contributed by atoms with Crippen LogP contribution in [0.15, 0.2) is 18.2 Å². The summed E-state index contributed by atoms with van der Waals surface area (Å²) in [6.07, 6.45) is 2.21. The minimum atomic E-state index is 0.411. The van der Waals surface area contributed by atoms with Crippen molar-refractivity contribution >= 4 is 0 Å². The number of benzene rings is 1. The van der Waals surface area contributed by atoms with Crippen LogP contribution >= 0.6 is 0 Å². The average molecular weight is 248 g/mol. The first-order valence-corrected chi connectivity index (χ1v) is 6.87. The minimum Gasteiger partial charge on any atom is -0.493 e. The van der Waals surface area contributed by atoms with Gasteiger partial charge in [-0.2, -0.15) is 0 Å². The average Bonchev–Trinajstić information content (AvgIpc) is 2.86. The van der Waals surface area contributed by atoms with Gasteiger partial charge in [0.15, 0.2) is 0 Å². The van der Waals surface area contributed by atoms with Crippen molar-refractivity contribution in [3.8, 4) is 5.75 Å². The molecule has 100 valence electrons. The summed E-state index contributed by atoms with van der Waals surface area (Å²) in [7, 11) is 4.07. The van der Waals surface area contributed by atoms with Crippen molar-refractivity contribution < 1.29 is 4.74 Å². The summed E-state index contributed by atoms with van der Waals surface area (Å²) in [5.74, 6) is 1.68. The molecule has 0 fully saturated rings. The van der Waals surface area contributed by atoms with Crippen molar-refractivity contribution in [2.24, 2.45) is 5.92 Å². The summed E-state index contributed by atoms with van der Waals surface area (Å²) in [6, 6.07) is 7.04. The third kappa shape index (κ3) is 2.68. The zero-order valence-corrected chi connectivity index (χ0v) is 11.6. The second-order valence-corrected chi connectivity index (χ2v) is 4.96. The lowest BCUT2D eigenvalue weighted by Crippen LogP contribution is -2.31. The molecular weight excluding hydrogens is 224 g/mol. The molecule has 0 bridgehead atoms. The lowest BCUT2D eigenvalue weighted by atomic mass is 9.89. The molecule has 1 heterocycles. The molecule has 0 aromatic heterocycles. The summed E-state index contributed by atoms with van der Waals surface area (Å²) in [5.41, 5.74) is 2.73. The van der Waals surface area contributed by atoms with Gasteiger partial charge in [0.25, 0.3) is 0 Å². The first kappa shape index (κ1) is 13.4. The quantitative estimate of drug-likeness (QED) is 0.809. The molecule has 1 aromatic carbocycles. The number of fused-ring (bicyclic) bond motifs is 1. The van der Waals surface area contributed by atoms with Gasteiger partial charge in [0.05, 0.1) is 6.61 Å². The van der Waals surface area contributed by atoms with Gasteiger partial charge in [-0.05, 0) is 43.8 Å². The lowest BCUT2D eigenvalue weighted by molar-refractivity contribution is 0.355. The smallest absolute Gasteiger partial charge is 0.122 e. The summed E-state index contributed by atoms with van der Waals surface area (Å²) < 4.78 is 5.57. The molecule has 3 nitrogen and oxygen atoms in total. The molecule has 1 aliphatic rings. The molecule has 3 heteroatoms. The molecule has 18 heavy (non-hydrogen) atoms. The maximum absolute atomic E-state index is 5.57. The molecule has 0 radical (unpaired) electrons. The fourth-order valence-electron chi connectivity index (χ4n) is 2.83. The Kier molecular flexibility index (Phi) is 4.61. The second kappa shape index (κ2) is 6.21. The van der Waals surface area contributed by atoms with Crippen LogP contribution in [0.4, 0.5) is 0 Å². The van der Waals surface area contributed by atoms with Gasteiger partial charge in [-0.1, -0.05) is 25.5 Å². The first-order chi connectivity index (χ1) is 8.80. The summed E-state index contributed by atoms with van der Waals surface area (Å²) in [5, 5.41) is 6.76. The number of nitrogens with one attached hydrogen (secondary N) is 2. The molecule has 0 saturated heterocycles. The zero-order valence-electron chi connectivity index (χ0n) is 11.6. The van der Waals surface area contributed by atoms with Gasteiger partial charge in [-0.3, -0.25) is 0 Å². The van der Waals surface area contributed by atoms with Gasteiger partial charge in [-0.15, -0.1) is 0 Å². The van der Waals surface area contributed by atoms with Crippen LogP contribution < -0.4 is 15.4 Å². The SMILES string of the molecule is CCC(CNC)C(NC)c1ccc2c(c1)CCO2. The van der Waals surface area contributed by atoms with Crippen molar-refractivity contribution in [2.75, 3.05) is 27.2 Å². The van der Waals surface area contributed by atoms with Crippen LogP contribution in [-0.2, 0) is 6.42 Å². The molecule has 2 atom stereocenters. The lowest BCUT2D eigenvalue weighted by Gasteiger charge is -2.26. The van der Waals surface area contributed by atoms with Crippen LogP contribution in [0.2, 0.25) is 0 Å². The van der Waals surface area contributed by atoms with E-state index in [1.54, 1.807) is 0 Å². The maximum atomic E-state index is 5.57. The highest BCUT2D eigenvalue weighted by Crippen LogP contribution is 2.31. The molecule has 0 saturated carbocycles. The monoisotopic (exact) mass is 248 g/mol. The molecule has 2 N–H and O–H groups in total. The third-order valence-corrected chi connectivity index (χ3v) is 3.85. The molecular formula is C15H24N2O. The van der Waals surface area contributed by atoms with Crippen LogP contribution in [0.25, 0.3) is 0 Å². The van der Waals surface area contributed by atoms with Crippen LogP contribution in [0.5, 0.6) is 5.75 Å². The van der Waals surface area contributed by atoms with E-state index in [1.807, 2.05) is 14.1 Å². The molecule has 1 aliphatic heterocycles. The molecule has 0 spiro atoms. The van der Waals surface area contributed by atoms with Gasteiger partial charge < -0.3 is 15.4 Å². The maximum Gasteiger partial charge on any atom is 0.122 e. The van der Waals surface area contributed by atoms with E-state index in [0.29, 0.717) is 12.0 Å². The fourth-order valence-corrected chi connectivity index (χ4v) is 2.83. The largest absolute Gasteiger partial charge is 0.493 e. The van der Waals surface area contributed by atoms with Gasteiger partial charge >= 0.3 is 0 Å². The van der Waals surface area contributed by atoms with Crippen molar-refractivity contribution in [2.45, 2.75) is 25.8 Å². The summed E-state index contributed by atoms with van der Waals surface area (Å²) in [6.45, 7) is 4.12. The number of rotatable bonds is 6. The molecule has 0 amide bonds.